The van der Waals surface area contributed by atoms with Crippen LogP contribution in [-0.2, 0) is 4.74 Å². The summed E-state index contributed by atoms with van der Waals surface area (Å²) in [5.41, 5.74) is 1.13. The van der Waals surface area contributed by atoms with E-state index in [4.69, 9.17) is 0 Å². The Morgan fingerprint density at radius 1 is 1.21 bits per heavy atom. The van der Waals surface area contributed by atoms with Gasteiger partial charge >= 0.3 is 6.18 Å². The number of alkyl halides is 3. The third-order valence-electron chi connectivity index (χ3n) is 3.02. The first-order chi connectivity index (χ1) is 8.94. The lowest BCUT2D eigenvalue weighted by molar-refractivity contribution is -0.174. The van der Waals surface area contributed by atoms with Gasteiger partial charge in [-0.3, -0.25) is 0 Å². The minimum Gasteiger partial charge on any atom is -0.372 e. The summed E-state index contributed by atoms with van der Waals surface area (Å²) in [7, 11) is 1.85. The Kier molecular flexibility index (Phi) is 6.31. The molecule has 0 saturated heterocycles. The summed E-state index contributed by atoms with van der Waals surface area (Å²) in [4.78, 5) is 0. The zero-order valence-corrected chi connectivity index (χ0v) is 11.2. The van der Waals surface area contributed by atoms with Crippen LogP contribution >= 0.6 is 0 Å². The average molecular weight is 275 g/mol. The first kappa shape index (κ1) is 16.0. The molecule has 2 unspecified atom stereocenters. The van der Waals surface area contributed by atoms with Crippen LogP contribution in [0.3, 0.4) is 0 Å². The van der Waals surface area contributed by atoms with E-state index in [1.807, 2.05) is 44.3 Å². The van der Waals surface area contributed by atoms with Crippen molar-refractivity contribution in [3.05, 3.63) is 35.9 Å². The van der Waals surface area contributed by atoms with Crippen molar-refractivity contribution in [3.63, 3.8) is 0 Å². The van der Waals surface area contributed by atoms with E-state index in [0.29, 0.717) is 6.42 Å². The second-order valence-corrected chi connectivity index (χ2v) is 4.61. The lowest BCUT2D eigenvalue weighted by atomic mass is 9.92. The van der Waals surface area contributed by atoms with Crippen LogP contribution in [0, 0.1) is 5.92 Å². The van der Waals surface area contributed by atoms with Crippen LogP contribution in [0.1, 0.15) is 24.9 Å². The Morgan fingerprint density at radius 3 is 2.37 bits per heavy atom. The largest absolute Gasteiger partial charge is 0.411 e. The Labute approximate surface area is 112 Å². The predicted octanol–water partition coefficient (Wildman–Crippen LogP) is 3.55. The molecule has 2 nitrogen and oxygen atoms in total. The van der Waals surface area contributed by atoms with Gasteiger partial charge in [-0.1, -0.05) is 37.3 Å². The van der Waals surface area contributed by atoms with Crippen LogP contribution in [0.2, 0.25) is 0 Å². The fourth-order valence-corrected chi connectivity index (χ4v) is 2.06. The molecule has 2 atom stereocenters. The van der Waals surface area contributed by atoms with Gasteiger partial charge in [-0.25, -0.2) is 0 Å². The maximum atomic E-state index is 11.9. The highest BCUT2D eigenvalue weighted by atomic mass is 19.4. The van der Waals surface area contributed by atoms with Crippen molar-refractivity contribution >= 4 is 0 Å². The third kappa shape index (κ3) is 6.07. The minimum absolute atomic E-state index is 0.117. The predicted molar refractivity (Wildman–Crippen MR) is 68.9 cm³/mol. The lowest BCUT2D eigenvalue weighted by Crippen LogP contribution is -2.25. The number of nitrogens with one attached hydrogen (secondary N) is 1. The van der Waals surface area contributed by atoms with Gasteiger partial charge in [0, 0.05) is 12.6 Å². The molecule has 1 aromatic rings. The number of hydrogen-bond acceptors (Lipinski definition) is 2. The fourth-order valence-electron chi connectivity index (χ4n) is 2.06. The van der Waals surface area contributed by atoms with E-state index in [9.17, 15) is 13.2 Å². The van der Waals surface area contributed by atoms with Crippen molar-refractivity contribution in [3.8, 4) is 0 Å². The van der Waals surface area contributed by atoms with E-state index in [-0.39, 0.29) is 18.6 Å². The number of rotatable bonds is 7. The van der Waals surface area contributed by atoms with E-state index in [2.05, 4.69) is 10.1 Å². The summed E-state index contributed by atoms with van der Waals surface area (Å²) in [6.45, 7) is 0.950. The molecule has 0 heterocycles. The molecule has 0 aromatic heterocycles. The Hall–Kier alpha value is -1.07. The van der Waals surface area contributed by atoms with Crippen LogP contribution < -0.4 is 5.32 Å². The molecule has 1 rings (SSSR count). The third-order valence-corrected chi connectivity index (χ3v) is 3.02. The minimum atomic E-state index is -4.24. The molecule has 0 saturated carbocycles. The summed E-state index contributed by atoms with van der Waals surface area (Å²) < 4.78 is 40.4. The fraction of sp³-hybridized carbons (Fsp3) is 0.571. The van der Waals surface area contributed by atoms with Gasteiger partial charge in [0.2, 0.25) is 0 Å². The van der Waals surface area contributed by atoms with E-state index in [1.54, 1.807) is 0 Å². The zero-order valence-electron chi connectivity index (χ0n) is 11.2. The average Bonchev–Trinajstić information content (AvgIpc) is 2.36. The van der Waals surface area contributed by atoms with Gasteiger partial charge in [0.25, 0.3) is 0 Å². The highest BCUT2D eigenvalue weighted by molar-refractivity contribution is 5.19. The van der Waals surface area contributed by atoms with Crippen molar-refractivity contribution in [2.75, 3.05) is 20.3 Å². The molecule has 108 valence electrons. The normalized spacial score (nSPS) is 15.2. The molecule has 0 aliphatic rings. The van der Waals surface area contributed by atoms with E-state index in [0.717, 1.165) is 5.56 Å². The standard InChI is InChI=1S/C14H20F3NO/c1-11(8-9-19-10-14(15,16)17)13(18-2)12-6-4-3-5-7-12/h3-7,11,13,18H,8-10H2,1-2H3. The first-order valence-electron chi connectivity index (χ1n) is 6.30. The summed E-state index contributed by atoms with van der Waals surface area (Å²) in [5, 5.41) is 3.20. The summed E-state index contributed by atoms with van der Waals surface area (Å²) in [5.74, 6) is 0.195. The SMILES string of the molecule is CNC(c1ccccc1)C(C)CCOCC(F)(F)F. The van der Waals surface area contributed by atoms with E-state index >= 15 is 0 Å². The highest BCUT2D eigenvalue weighted by Gasteiger charge is 2.27. The number of hydrogen-bond donors (Lipinski definition) is 1. The van der Waals surface area contributed by atoms with Gasteiger partial charge in [0.1, 0.15) is 6.61 Å². The molecule has 0 fully saturated rings. The maximum Gasteiger partial charge on any atom is 0.411 e. The number of ether oxygens (including phenoxy) is 1. The molecule has 0 aliphatic heterocycles. The van der Waals surface area contributed by atoms with Crippen LogP contribution in [0.25, 0.3) is 0 Å². The van der Waals surface area contributed by atoms with Crippen LogP contribution in [-0.4, -0.2) is 26.4 Å². The highest BCUT2D eigenvalue weighted by Crippen LogP contribution is 2.24. The molecular formula is C14H20F3NO. The van der Waals surface area contributed by atoms with E-state index < -0.39 is 12.8 Å². The van der Waals surface area contributed by atoms with Gasteiger partial charge in [-0.05, 0) is 24.9 Å². The van der Waals surface area contributed by atoms with Crippen molar-refractivity contribution in [1.82, 2.24) is 5.32 Å². The van der Waals surface area contributed by atoms with Crippen molar-refractivity contribution < 1.29 is 17.9 Å². The maximum absolute atomic E-state index is 11.9. The molecule has 1 N–H and O–H groups in total. The van der Waals surface area contributed by atoms with Gasteiger partial charge in [-0.15, -0.1) is 0 Å². The number of halogens is 3. The molecule has 0 spiro atoms. The van der Waals surface area contributed by atoms with E-state index in [1.165, 1.54) is 0 Å². The van der Waals surface area contributed by atoms with Crippen LogP contribution in [0.15, 0.2) is 30.3 Å². The molecule has 0 amide bonds. The van der Waals surface area contributed by atoms with Gasteiger partial charge in [0.15, 0.2) is 0 Å². The Balaban J connectivity index is 2.41. The van der Waals surface area contributed by atoms with Gasteiger partial charge in [0.05, 0.1) is 0 Å². The van der Waals surface area contributed by atoms with Crippen molar-refractivity contribution in [2.24, 2.45) is 5.92 Å². The summed E-state index contributed by atoms with van der Waals surface area (Å²) >= 11 is 0. The second kappa shape index (κ2) is 7.50. The van der Waals surface area contributed by atoms with Crippen LogP contribution in [0.5, 0.6) is 0 Å². The molecule has 0 aliphatic carbocycles. The van der Waals surface area contributed by atoms with Gasteiger partial charge in [-0.2, -0.15) is 13.2 Å². The summed E-state index contributed by atoms with van der Waals surface area (Å²) in [6, 6.07) is 9.98. The molecule has 19 heavy (non-hydrogen) atoms. The Bertz CT molecular complexity index is 353. The van der Waals surface area contributed by atoms with Crippen molar-refractivity contribution in [1.29, 1.82) is 0 Å². The van der Waals surface area contributed by atoms with Gasteiger partial charge < -0.3 is 10.1 Å². The molecular weight excluding hydrogens is 255 g/mol. The van der Waals surface area contributed by atoms with Crippen LogP contribution in [0.4, 0.5) is 13.2 Å². The quantitative estimate of drug-likeness (QED) is 0.768. The van der Waals surface area contributed by atoms with Crippen molar-refractivity contribution in [2.45, 2.75) is 25.6 Å². The topological polar surface area (TPSA) is 21.3 Å². The smallest absolute Gasteiger partial charge is 0.372 e. The number of benzene rings is 1. The summed E-state index contributed by atoms with van der Waals surface area (Å²) in [6.07, 6.45) is -3.67. The zero-order chi connectivity index (χ0) is 14.3. The first-order valence-corrected chi connectivity index (χ1v) is 6.30. The lowest BCUT2D eigenvalue weighted by Gasteiger charge is -2.24. The Morgan fingerprint density at radius 2 is 1.84 bits per heavy atom. The second-order valence-electron chi connectivity index (χ2n) is 4.61. The molecule has 1 aromatic carbocycles. The molecule has 5 heteroatoms. The molecule has 0 bridgehead atoms. The molecule has 0 radical (unpaired) electrons. The monoisotopic (exact) mass is 275 g/mol.